The molecule has 26 heavy (non-hydrogen) atoms. The number of amides is 2. The van der Waals surface area contributed by atoms with Crippen molar-refractivity contribution in [3.63, 3.8) is 0 Å². The minimum absolute atomic E-state index is 0.0961. The van der Waals surface area contributed by atoms with Gasteiger partial charge in [0.05, 0.1) is 6.42 Å². The van der Waals surface area contributed by atoms with Gasteiger partial charge in [-0.1, -0.05) is 50.2 Å². The van der Waals surface area contributed by atoms with Gasteiger partial charge in [-0.3, -0.25) is 9.59 Å². The number of rotatable bonds is 6. The normalized spacial score (nSPS) is 10.3. The van der Waals surface area contributed by atoms with Crippen LogP contribution >= 0.6 is 12.2 Å². The molecule has 6 heteroatoms. The molecule has 0 radical (unpaired) electrons. The highest BCUT2D eigenvalue weighted by molar-refractivity contribution is 7.80. The molecule has 2 rings (SSSR count). The first-order valence-corrected chi connectivity index (χ1v) is 8.88. The molecular weight excluding hydrogens is 346 g/mol. The Balaban J connectivity index is 1.90. The summed E-state index contributed by atoms with van der Waals surface area (Å²) in [7, 11) is 0. The Hall–Kier alpha value is -2.73. The number of carbonyl (C=O) groups excluding carboxylic acids is 2. The number of carbonyl (C=O) groups is 2. The lowest BCUT2D eigenvalue weighted by atomic mass is 10.1. The van der Waals surface area contributed by atoms with Crippen molar-refractivity contribution in [3.8, 4) is 0 Å². The van der Waals surface area contributed by atoms with Crippen molar-refractivity contribution in [2.75, 3.05) is 10.6 Å². The van der Waals surface area contributed by atoms with Crippen molar-refractivity contribution < 1.29 is 9.59 Å². The summed E-state index contributed by atoms with van der Waals surface area (Å²) in [5, 5.41) is 8.70. The Morgan fingerprint density at radius 3 is 2.23 bits per heavy atom. The van der Waals surface area contributed by atoms with Gasteiger partial charge in [-0.15, -0.1) is 0 Å². The van der Waals surface area contributed by atoms with Crippen LogP contribution in [0.1, 0.15) is 25.8 Å². The predicted molar refractivity (Wildman–Crippen MR) is 109 cm³/mol. The third kappa shape index (κ3) is 7.03. The minimum atomic E-state index is -0.121. The van der Waals surface area contributed by atoms with Crippen LogP contribution in [0.4, 0.5) is 11.4 Å². The second-order valence-electron chi connectivity index (χ2n) is 6.39. The third-order valence-corrected chi connectivity index (χ3v) is 3.66. The van der Waals surface area contributed by atoms with E-state index >= 15 is 0 Å². The van der Waals surface area contributed by atoms with Crippen LogP contribution in [0, 0.1) is 5.92 Å². The zero-order chi connectivity index (χ0) is 18.9. The van der Waals surface area contributed by atoms with Crippen LogP contribution in [0.15, 0.2) is 54.6 Å². The summed E-state index contributed by atoms with van der Waals surface area (Å²) in [6.45, 7) is 3.94. The number of thiocarbonyl (C=S) groups is 1. The molecule has 0 aliphatic heterocycles. The first kappa shape index (κ1) is 19.6. The van der Waals surface area contributed by atoms with Gasteiger partial charge in [-0.05, 0) is 41.9 Å². The standard InChI is InChI=1S/C20H23N3O2S/c1-14(2)11-18(24)23-20(26)22-17-10-6-9-16(13-17)21-19(25)12-15-7-4-3-5-8-15/h3-10,13-14H,11-12H2,1-2H3,(H,21,25)(H2,22,23,24,26). The summed E-state index contributed by atoms with van der Waals surface area (Å²) in [6.07, 6.45) is 0.722. The monoisotopic (exact) mass is 369 g/mol. The number of anilines is 2. The summed E-state index contributed by atoms with van der Waals surface area (Å²) >= 11 is 5.15. The molecule has 3 N–H and O–H groups in total. The number of benzene rings is 2. The van der Waals surface area contributed by atoms with Crippen molar-refractivity contribution in [1.82, 2.24) is 5.32 Å². The molecule has 2 aromatic carbocycles. The predicted octanol–water partition coefficient (Wildman–Crippen LogP) is 3.73. The molecule has 0 bridgehead atoms. The van der Waals surface area contributed by atoms with Gasteiger partial charge in [0.2, 0.25) is 11.8 Å². The van der Waals surface area contributed by atoms with E-state index in [0.29, 0.717) is 24.2 Å². The molecule has 5 nitrogen and oxygen atoms in total. The quantitative estimate of drug-likeness (QED) is 0.679. The molecule has 0 fully saturated rings. The van der Waals surface area contributed by atoms with Crippen LogP contribution in [0.5, 0.6) is 0 Å². The second-order valence-corrected chi connectivity index (χ2v) is 6.80. The van der Waals surface area contributed by atoms with Crippen LogP contribution in [-0.2, 0) is 16.0 Å². The largest absolute Gasteiger partial charge is 0.332 e. The van der Waals surface area contributed by atoms with Crippen molar-refractivity contribution in [2.45, 2.75) is 26.7 Å². The van der Waals surface area contributed by atoms with Crippen LogP contribution in [0.3, 0.4) is 0 Å². The van der Waals surface area contributed by atoms with E-state index in [4.69, 9.17) is 12.2 Å². The lowest BCUT2D eigenvalue weighted by molar-refractivity contribution is -0.120. The summed E-state index contributed by atoms with van der Waals surface area (Å²) in [5.74, 6) is 0.0481. The van der Waals surface area contributed by atoms with Gasteiger partial charge >= 0.3 is 0 Å². The van der Waals surface area contributed by atoms with Crippen LogP contribution in [0.2, 0.25) is 0 Å². The van der Waals surface area contributed by atoms with E-state index in [1.165, 1.54) is 0 Å². The number of hydrogen-bond acceptors (Lipinski definition) is 3. The number of nitrogens with one attached hydrogen (secondary N) is 3. The van der Waals surface area contributed by atoms with Crippen molar-refractivity contribution >= 4 is 40.5 Å². The molecule has 0 aliphatic rings. The van der Waals surface area contributed by atoms with Crippen molar-refractivity contribution in [3.05, 3.63) is 60.2 Å². The van der Waals surface area contributed by atoms with E-state index in [1.54, 1.807) is 18.2 Å². The van der Waals surface area contributed by atoms with E-state index in [-0.39, 0.29) is 22.8 Å². The Kier molecular flexibility index (Phi) is 7.29. The molecule has 2 aromatic rings. The highest BCUT2D eigenvalue weighted by Crippen LogP contribution is 2.15. The fourth-order valence-corrected chi connectivity index (χ4v) is 2.60. The van der Waals surface area contributed by atoms with Crippen LogP contribution in [-0.4, -0.2) is 16.9 Å². The van der Waals surface area contributed by atoms with Gasteiger partial charge < -0.3 is 16.0 Å². The molecule has 0 aliphatic carbocycles. The summed E-state index contributed by atoms with van der Waals surface area (Å²) in [5.41, 5.74) is 2.30. The van der Waals surface area contributed by atoms with Gasteiger partial charge in [0.25, 0.3) is 0 Å². The molecule has 0 saturated carbocycles. The maximum atomic E-state index is 12.1. The van der Waals surface area contributed by atoms with Crippen LogP contribution < -0.4 is 16.0 Å². The minimum Gasteiger partial charge on any atom is -0.332 e. The van der Waals surface area contributed by atoms with Gasteiger partial charge in [0, 0.05) is 17.8 Å². The Bertz CT molecular complexity index is 776. The average molecular weight is 369 g/mol. The zero-order valence-electron chi connectivity index (χ0n) is 14.9. The van der Waals surface area contributed by atoms with Gasteiger partial charge in [0.15, 0.2) is 5.11 Å². The first-order chi connectivity index (χ1) is 12.4. The van der Waals surface area contributed by atoms with Crippen molar-refractivity contribution in [1.29, 1.82) is 0 Å². The van der Waals surface area contributed by atoms with E-state index in [0.717, 1.165) is 5.56 Å². The molecule has 0 unspecified atom stereocenters. The topological polar surface area (TPSA) is 70.2 Å². The SMILES string of the molecule is CC(C)CC(=O)NC(=S)Nc1cccc(NC(=O)Cc2ccccc2)c1. The Morgan fingerprint density at radius 2 is 1.58 bits per heavy atom. The first-order valence-electron chi connectivity index (χ1n) is 8.47. The highest BCUT2D eigenvalue weighted by atomic mass is 32.1. The highest BCUT2D eigenvalue weighted by Gasteiger charge is 2.08. The lowest BCUT2D eigenvalue weighted by Gasteiger charge is -2.12. The van der Waals surface area contributed by atoms with Gasteiger partial charge in [0.1, 0.15) is 0 Å². The maximum absolute atomic E-state index is 12.1. The molecule has 0 aromatic heterocycles. The van der Waals surface area contributed by atoms with E-state index in [1.807, 2.05) is 50.2 Å². The van der Waals surface area contributed by atoms with Gasteiger partial charge in [-0.25, -0.2) is 0 Å². The smallest absolute Gasteiger partial charge is 0.228 e. The fourth-order valence-electron chi connectivity index (χ4n) is 2.37. The second kappa shape index (κ2) is 9.68. The summed E-state index contributed by atoms with van der Waals surface area (Å²) in [6, 6.07) is 16.7. The molecule has 0 atom stereocenters. The van der Waals surface area contributed by atoms with E-state index in [9.17, 15) is 9.59 Å². The lowest BCUT2D eigenvalue weighted by Crippen LogP contribution is -2.34. The molecule has 0 spiro atoms. The van der Waals surface area contributed by atoms with E-state index < -0.39 is 0 Å². The zero-order valence-corrected chi connectivity index (χ0v) is 15.7. The molecule has 0 saturated heterocycles. The summed E-state index contributed by atoms with van der Waals surface area (Å²) < 4.78 is 0. The Labute approximate surface area is 159 Å². The number of hydrogen-bond donors (Lipinski definition) is 3. The average Bonchev–Trinajstić information content (AvgIpc) is 2.54. The molecule has 0 heterocycles. The van der Waals surface area contributed by atoms with Gasteiger partial charge in [-0.2, -0.15) is 0 Å². The molecule has 2 amide bonds. The van der Waals surface area contributed by atoms with Crippen LogP contribution in [0.25, 0.3) is 0 Å². The molecule has 136 valence electrons. The van der Waals surface area contributed by atoms with Crippen molar-refractivity contribution in [2.24, 2.45) is 5.92 Å². The molecular formula is C20H23N3O2S. The Morgan fingerprint density at radius 1 is 0.923 bits per heavy atom. The van der Waals surface area contributed by atoms with E-state index in [2.05, 4.69) is 16.0 Å². The third-order valence-electron chi connectivity index (χ3n) is 3.46. The summed E-state index contributed by atoms with van der Waals surface area (Å²) in [4.78, 5) is 23.9. The fraction of sp³-hybridized carbons (Fsp3) is 0.250. The maximum Gasteiger partial charge on any atom is 0.228 e.